The third-order valence-electron chi connectivity index (χ3n) is 8.40. The number of halogens is 1. The average Bonchev–Trinajstić information content (AvgIpc) is 3.87. The van der Waals surface area contributed by atoms with Crippen LogP contribution in [0.4, 0.5) is 11.4 Å². The van der Waals surface area contributed by atoms with Crippen LogP contribution in [0.1, 0.15) is 32.5 Å². The van der Waals surface area contributed by atoms with E-state index in [4.69, 9.17) is 35.3 Å². The lowest BCUT2D eigenvalue weighted by molar-refractivity contribution is 0.00244. The van der Waals surface area contributed by atoms with Crippen molar-refractivity contribution in [3.8, 4) is 11.5 Å². The number of benzene rings is 3. The van der Waals surface area contributed by atoms with Crippen molar-refractivity contribution in [1.82, 2.24) is 20.0 Å². The highest BCUT2D eigenvalue weighted by molar-refractivity contribution is 6.19. The maximum Gasteiger partial charge on any atom is 0.277 e. The largest absolute Gasteiger partial charge is 0.507 e. The van der Waals surface area contributed by atoms with Gasteiger partial charge >= 0.3 is 0 Å². The number of rotatable bonds is 17. The van der Waals surface area contributed by atoms with E-state index in [-0.39, 0.29) is 29.1 Å². The summed E-state index contributed by atoms with van der Waals surface area (Å²) in [6, 6.07) is 14.1. The van der Waals surface area contributed by atoms with E-state index in [2.05, 4.69) is 20.6 Å². The first-order valence-corrected chi connectivity index (χ1v) is 16.7. The van der Waals surface area contributed by atoms with Crippen LogP contribution in [0.5, 0.6) is 11.5 Å². The molecule has 1 aliphatic heterocycles. The van der Waals surface area contributed by atoms with E-state index < -0.39 is 5.91 Å². The van der Waals surface area contributed by atoms with Gasteiger partial charge in [0.15, 0.2) is 5.69 Å². The van der Waals surface area contributed by atoms with Crippen molar-refractivity contribution in [3.63, 3.8) is 0 Å². The van der Waals surface area contributed by atoms with Crippen LogP contribution in [-0.4, -0.2) is 110 Å². The molecule has 1 atom stereocenters. The van der Waals surface area contributed by atoms with Crippen molar-refractivity contribution in [2.45, 2.75) is 12.5 Å². The monoisotopic (exact) mass is 706 g/mol. The lowest BCUT2D eigenvalue weighted by Crippen LogP contribution is -2.30. The van der Waals surface area contributed by atoms with E-state index in [0.29, 0.717) is 87.5 Å². The summed E-state index contributed by atoms with van der Waals surface area (Å²) in [5.41, 5.74) is 3.21. The molecule has 0 radical (unpaired) electrons. The number of aromatic amines is 1. The number of nitrogens with zero attached hydrogens (tertiary/aromatic N) is 4. The zero-order valence-electron chi connectivity index (χ0n) is 27.8. The minimum Gasteiger partial charge on any atom is -0.507 e. The van der Waals surface area contributed by atoms with Crippen LogP contribution in [0.3, 0.4) is 0 Å². The molecule has 15 heteroatoms. The number of H-pyrrole nitrogens is 1. The van der Waals surface area contributed by atoms with E-state index >= 15 is 0 Å². The second-order valence-electron chi connectivity index (χ2n) is 11.6. The van der Waals surface area contributed by atoms with Gasteiger partial charge in [0.1, 0.15) is 17.2 Å². The van der Waals surface area contributed by atoms with Gasteiger partial charge in [-0.15, -0.1) is 16.7 Å². The summed E-state index contributed by atoms with van der Waals surface area (Å²) in [5, 5.41) is 23.9. The first-order chi connectivity index (χ1) is 24.4. The number of ether oxygens (including phenoxy) is 5. The van der Waals surface area contributed by atoms with E-state index in [0.717, 1.165) is 21.9 Å². The second-order valence-corrected chi connectivity index (χ2v) is 11.9. The Kier molecular flexibility index (Phi) is 11.5. The smallest absolute Gasteiger partial charge is 0.277 e. The highest BCUT2D eigenvalue weighted by Gasteiger charge is 2.36. The fourth-order valence-corrected chi connectivity index (χ4v) is 6.24. The van der Waals surface area contributed by atoms with Crippen molar-refractivity contribution in [1.29, 1.82) is 0 Å². The van der Waals surface area contributed by atoms with Crippen LogP contribution in [0.15, 0.2) is 54.7 Å². The van der Waals surface area contributed by atoms with Crippen molar-refractivity contribution in [3.05, 3.63) is 71.7 Å². The number of methoxy groups -OCH3 is 2. The lowest BCUT2D eigenvalue weighted by Gasteiger charge is -2.18. The van der Waals surface area contributed by atoms with Crippen LogP contribution >= 0.6 is 11.6 Å². The Morgan fingerprint density at radius 1 is 1.00 bits per heavy atom. The number of hydrogen-bond donors (Lipinski definition) is 3. The van der Waals surface area contributed by atoms with Crippen LogP contribution in [0, 0.1) is 0 Å². The molecule has 1 unspecified atom stereocenters. The number of anilines is 2. The summed E-state index contributed by atoms with van der Waals surface area (Å²) < 4.78 is 28.4. The van der Waals surface area contributed by atoms with Gasteiger partial charge in [0.25, 0.3) is 11.8 Å². The fraction of sp³-hybridized carbons (Fsp3) is 0.371. The number of nitrogens with one attached hydrogen (secondary N) is 2. The van der Waals surface area contributed by atoms with Crippen LogP contribution < -0.4 is 15.0 Å². The molecule has 0 fully saturated rings. The maximum absolute atomic E-state index is 13.9. The number of alkyl halides is 1. The molecule has 3 N–H and O–H groups in total. The topological polar surface area (TPSA) is 162 Å². The van der Waals surface area contributed by atoms with Gasteiger partial charge in [-0.2, -0.15) is 0 Å². The van der Waals surface area contributed by atoms with Gasteiger partial charge in [-0.05, 0) is 35.9 Å². The molecule has 5 aromatic rings. The number of hydrogen-bond acceptors (Lipinski definition) is 10. The average molecular weight is 707 g/mol. The Morgan fingerprint density at radius 3 is 2.50 bits per heavy atom. The normalized spacial score (nSPS) is 14.1. The Labute approximate surface area is 293 Å². The first-order valence-electron chi connectivity index (χ1n) is 16.2. The van der Waals surface area contributed by atoms with Gasteiger partial charge in [0.05, 0.1) is 71.8 Å². The summed E-state index contributed by atoms with van der Waals surface area (Å²) in [4.78, 5) is 31.7. The molecule has 0 spiro atoms. The summed E-state index contributed by atoms with van der Waals surface area (Å²) in [5.74, 6) is 0.0827. The number of aromatic nitrogens is 4. The van der Waals surface area contributed by atoms with Gasteiger partial charge < -0.3 is 44.0 Å². The van der Waals surface area contributed by atoms with Gasteiger partial charge in [0, 0.05) is 58.9 Å². The van der Waals surface area contributed by atoms with Crippen LogP contribution in [0.2, 0.25) is 0 Å². The second kappa shape index (κ2) is 16.3. The molecular formula is C35H39ClN6O8. The zero-order valence-corrected chi connectivity index (χ0v) is 28.6. The van der Waals surface area contributed by atoms with Crippen molar-refractivity contribution in [2.24, 2.45) is 0 Å². The standard InChI is InChI=1S/C35H39ClN6O8/c1-46-10-11-49-14-15-50-13-12-48-9-8-41-21-28(39-40-41)34(44)37-24-6-7-26-22(16-24)17-27(38-26)35(45)42-20-23(19-36)32-29(42)18-30(43)25-4-3-5-31(47-2)33(25)32/h3-7,16-18,21,23,38,43H,8-15,19-20H2,1-2H3,(H,37,44). The Hall–Kier alpha value is -4.73. The molecular weight excluding hydrogens is 668 g/mol. The number of phenols is 1. The minimum atomic E-state index is -0.423. The highest BCUT2D eigenvalue weighted by atomic mass is 35.5. The Morgan fingerprint density at radius 2 is 1.76 bits per heavy atom. The maximum atomic E-state index is 13.9. The van der Waals surface area contributed by atoms with Crippen LogP contribution in [-0.2, 0) is 25.5 Å². The number of phenolic OH excluding ortho intramolecular Hbond substituents is 1. The summed E-state index contributed by atoms with van der Waals surface area (Å²) >= 11 is 6.41. The third kappa shape index (κ3) is 7.69. The Balaban J connectivity index is 1.06. The summed E-state index contributed by atoms with van der Waals surface area (Å²) in [7, 11) is 3.20. The zero-order chi connectivity index (χ0) is 35.0. The molecule has 0 aliphatic carbocycles. The predicted octanol–water partition coefficient (Wildman–Crippen LogP) is 4.56. The van der Waals surface area contributed by atoms with Crippen molar-refractivity contribution < 1.29 is 38.4 Å². The first kappa shape index (κ1) is 35.1. The minimum absolute atomic E-state index is 0.0496. The highest BCUT2D eigenvalue weighted by Crippen LogP contribution is 2.48. The molecule has 50 heavy (non-hydrogen) atoms. The number of aromatic hydroxyl groups is 1. The number of carbonyl (C=O) groups is 2. The summed E-state index contributed by atoms with van der Waals surface area (Å²) in [6.07, 6.45) is 1.55. The summed E-state index contributed by atoms with van der Waals surface area (Å²) in [6.45, 7) is 4.08. The SMILES string of the molecule is COCCOCCOCCOCCn1cc(C(=O)Nc2ccc3[nH]c(C(=O)N4CC(CCl)c5c4cc(O)c4cccc(OC)c54)cc3c2)nn1. The van der Waals surface area contributed by atoms with E-state index in [1.54, 1.807) is 55.6 Å². The molecule has 0 saturated heterocycles. The van der Waals surface area contributed by atoms with Gasteiger partial charge in [-0.3, -0.25) is 9.59 Å². The van der Waals surface area contributed by atoms with Gasteiger partial charge in [-0.1, -0.05) is 17.3 Å². The third-order valence-corrected chi connectivity index (χ3v) is 8.77. The van der Waals surface area contributed by atoms with E-state index in [1.165, 1.54) is 4.68 Å². The molecule has 1 aliphatic rings. The molecule has 2 amide bonds. The molecule has 0 bridgehead atoms. The molecule has 3 heterocycles. The number of fused-ring (bicyclic) bond motifs is 4. The molecule has 6 rings (SSSR count). The number of carbonyl (C=O) groups excluding carboxylic acids is 2. The quantitative estimate of drug-likeness (QED) is 0.0924. The Bertz CT molecular complexity index is 1960. The van der Waals surface area contributed by atoms with E-state index in [9.17, 15) is 14.7 Å². The van der Waals surface area contributed by atoms with Gasteiger partial charge in [-0.25, -0.2) is 4.68 Å². The molecule has 264 valence electrons. The van der Waals surface area contributed by atoms with Gasteiger partial charge in [0.2, 0.25) is 0 Å². The van der Waals surface area contributed by atoms with Crippen LogP contribution in [0.25, 0.3) is 21.7 Å². The molecule has 0 saturated carbocycles. The van der Waals surface area contributed by atoms with Crippen molar-refractivity contribution in [2.75, 3.05) is 83.1 Å². The fourth-order valence-electron chi connectivity index (χ4n) is 5.99. The molecule has 2 aromatic heterocycles. The van der Waals surface area contributed by atoms with Crippen molar-refractivity contribution >= 4 is 56.5 Å². The molecule has 3 aromatic carbocycles. The molecule has 14 nitrogen and oxygen atoms in total. The van der Waals surface area contributed by atoms with E-state index in [1.807, 2.05) is 18.2 Å². The number of amides is 2. The lowest BCUT2D eigenvalue weighted by atomic mass is 9.94. The predicted molar refractivity (Wildman–Crippen MR) is 188 cm³/mol.